The Bertz CT molecular complexity index is 3810. The molecule has 12 aromatic rings. The molecule has 10 aromatic carbocycles. The normalized spacial score (nSPS) is 13.3. The van der Waals surface area contributed by atoms with Gasteiger partial charge in [-0.1, -0.05) is 165 Å². The van der Waals surface area contributed by atoms with Gasteiger partial charge in [-0.15, -0.1) is 0 Å². The molecule has 0 aliphatic heterocycles. The van der Waals surface area contributed by atoms with E-state index >= 15 is 0 Å². The molecule has 0 unspecified atom stereocenters. The van der Waals surface area contributed by atoms with E-state index in [9.17, 15) is 0 Å². The highest BCUT2D eigenvalue weighted by atomic mass is 16.3. The third-order valence-corrected chi connectivity index (χ3v) is 14.4. The highest BCUT2D eigenvalue weighted by molar-refractivity contribution is 6.11. The Kier molecular flexibility index (Phi) is 9.60. The van der Waals surface area contributed by atoms with Gasteiger partial charge >= 0.3 is 0 Å². The second-order valence-electron chi connectivity index (χ2n) is 18.3. The van der Waals surface area contributed by atoms with Crippen LogP contribution in [0.5, 0.6) is 0 Å². The van der Waals surface area contributed by atoms with E-state index in [1.54, 1.807) is 0 Å². The fraction of sp³-hybridized carbons (Fsp3) is 0.0938. The molecule has 1 saturated carbocycles. The number of anilines is 3. The molecule has 0 N–H and O–H groups in total. The first-order chi connectivity index (χ1) is 33.2. The second-order valence-corrected chi connectivity index (χ2v) is 18.3. The lowest BCUT2D eigenvalue weighted by molar-refractivity contribution is 0.445. The number of furan rings is 1. The number of hydrogen-bond acceptors (Lipinski definition) is 2. The van der Waals surface area contributed by atoms with Crippen molar-refractivity contribution in [3.05, 3.63) is 230 Å². The van der Waals surface area contributed by atoms with Crippen molar-refractivity contribution in [2.45, 2.75) is 38.0 Å². The summed E-state index contributed by atoms with van der Waals surface area (Å²) < 4.78 is 8.64. The van der Waals surface area contributed by atoms with Crippen LogP contribution in [0.1, 0.15) is 43.6 Å². The molecule has 3 heteroatoms. The summed E-state index contributed by atoms with van der Waals surface area (Å²) in [7, 11) is 0. The summed E-state index contributed by atoms with van der Waals surface area (Å²) in [5.74, 6) is 0.568. The maximum absolute atomic E-state index is 6.26. The van der Waals surface area contributed by atoms with Crippen molar-refractivity contribution in [1.82, 2.24) is 4.57 Å². The monoisotopic (exact) mass is 860 g/mol. The van der Waals surface area contributed by atoms with Gasteiger partial charge in [0.05, 0.1) is 16.7 Å². The van der Waals surface area contributed by atoms with Crippen LogP contribution in [0.15, 0.2) is 229 Å². The van der Waals surface area contributed by atoms with Gasteiger partial charge in [-0.2, -0.15) is 0 Å². The number of para-hydroxylation sites is 4. The lowest BCUT2D eigenvalue weighted by atomic mass is 9.80. The van der Waals surface area contributed by atoms with E-state index in [1.165, 1.54) is 86.9 Å². The Labute approximate surface area is 390 Å². The van der Waals surface area contributed by atoms with Gasteiger partial charge in [-0.25, -0.2) is 0 Å². The Morgan fingerprint density at radius 3 is 1.81 bits per heavy atom. The summed E-state index contributed by atoms with van der Waals surface area (Å²) in [6, 6.07) is 82.4. The Balaban J connectivity index is 0.998. The van der Waals surface area contributed by atoms with Crippen molar-refractivity contribution in [3.8, 4) is 39.1 Å². The quantitative estimate of drug-likeness (QED) is 0.152. The van der Waals surface area contributed by atoms with Crippen molar-refractivity contribution in [2.75, 3.05) is 4.90 Å². The van der Waals surface area contributed by atoms with Gasteiger partial charge in [0.2, 0.25) is 0 Å². The van der Waals surface area contributed by atoms with Crippen molar-refractivity contribution in [3.63, 3.8) is 0 Å². The van der Waals surface area contributed by atoms with Crippen LogP contribution in [0.4, 0.5) is 17.1 Å². The summed E-state index contributed by atoms with van der Waals surface area (Å²) in [5.41, 5.74) is 17.3. The molecule has 0 radical (unpaired) electrons. The van der Waals surface area contributed by atoms with E-state index in [0.29, 0.717) is 5.92 Å². The molecular formula is C64H48N2O. The maximum Gasteiger partial charge on any atom is 0.135 e. The van der Waals surface area contributed by atoms with E-state index in [1.807, 2.05) is 12.1 Å². The van der Waals surface area contributed by atoms with Crippen LogP contribution >= 0.6 is 0 Å². The average molecular weight is 861 g/mol. The van der Waals surface area contributed by atoms with Crippen LogP contribution < -0.4 is 4.90 Å². The highest BCUT2D eigenvalue weighted by Gasteiger charge is 2.24. The van der Waals surface area contributed by atoms with Gasteiger partial charge in [0.1, 0.15) is 11.2 Å². The van der Waals surface area contributed by atoms with Crippen LogP contribution in [-0.4, -0.2) is 4.57 Å². The zero-order valence-corrected chi connectivity index (χ0v) is 37.3. The third-order valence-electron chi connectivity index (χ3n) is 14.4. The first kappa shape index (κ1) is 39.2. The van der Waals surface area contributed by atoms with E-state index in [4.69, 9.17) is 4.42 Å². The molecule has 3 nitrogen and oxygen atoms in total. The molecule has 0 bridgehead atoms. The second kappa shape index (κ2) is 16.4. The van der Waals surface area contributed by atoms with Crippen LogP contribution in [0.2, 0.25) is 0 Å². The fourth-order valence-corrected chi connectivity index (χ4v) is 11.2. The van der Waals surface area contributed by atoms with Crippen molar-refractivity contribution in [1.29, 1.82) is 0 Å². The topological polar surface area (TPSA) is 21.3 Å². The maximum atomic E-state index is 6.26. The molecule has 2 heterocycles. The largest absolute Gasteiger partial charge is 0.456 e. The summed E-state index contributed by atoms with van der Waals surface area (Å²) in [4.78, 5) is 2.48. The minimum absolute atomic E-state index is 0.568. The van der Waals surface area contributed by atoms with Crippen LogP contribution in [0.25, 0.3) is 93.6 Å². The van der Waals surface area contributed by atoms with Crippen molar-refractivity contribution < 1.29 is 4.42 Å². The molecule has 0 atom stereocenters. The predicted octanol–water partition coefficient (Wildman–Crippen LogP) is 18.4. The molecule has 13 rings (SSSR count). The van der Waals surface area contributed by atoms with Gasteiger partial charge in [0, 0.05) is 44.2 Å². The minimum Gasteiger partial charge on any atom is -0.456 e. The van der Waals surface area contributed by atoms with Crippen molar-refractivity contribution in [2.24, 2.45) is 0 Å². The number of fused-ring (bicyclic) bond motifs is 7. The van der Waals surface area contributed by atoms with Gasteiger partial charge in [0.15, 0.2) is 0 Å². The molecular weight excluding hydrogens is 813 g/mol. The summed E-state index contributed by atoms with van der Waals surface area (Å²) in [5, 5.41) is 7.43. The standard InChI is InChI=1S/C64H48N2O/c1-3-17-43(18-4-1)52-30-15-19-44-20-16-31-56(64(44)52)53-27-7-10-32-59(53)65(51-26-14-22-46(40-51)48-36-38-63-58(42-48)55-29-9-12-34-62(55)67-63)50-25-13-21-45(39-50)47-35-37-61-57(41-47)54-28-8-11-33-60(54)66(61)49-23-5-2-6-24-49/h2,5-16,19-43H,1,3-4,17-18H2. The minimum atomic E-state index is 0.568. The molecule has 1 aliphatic carbocycles. The number of hydrogen-bond donors (Lipinski definition) is 0. The van der Waals surface area contributed by atoms with E-state index in [2.05, 4.69) is 222 Å². The van der Waals surface area contributed by atoms with E-state index in [0.717, 1.165) is 61.4 Å². The SMILES string of the molecule is c1ccc(-n2c3ccccc3c3cc(-c4cccc(N(c5cccc(-c6ccc7oc8ccccc8c7c6)c5)c5ccccc5-c5cccc6cccc(C7CCCCC7)c56)c4)ccc32)cc1. The van der Waals surface area contributed by atoms with Crippen LogP contribution in [0.3, 0.4) is 0 Å². The lowest BCUT2D eigenvalue weighted by Crippen LogP contribution is -2.12. The van der Waals surface area contributed by atoms with Crippen LogP contribution in [0, 0.1) is 0 Å². The highest BCUT2D eigenvalue weighted by Crippen LogP contribution is 2.47. The molecule has 2 aromatic heterocycles. The molecule has 67 heavy (non-hydrogen) atoms. The van der Waals surface area contributed by atoms with Gasteiger partial charge in [0.25, 0.3) is 0 Å². The summed E-state index contributed by atoms with van der Waals surface area (Å²) >= 11 is 0. The predicted molar refractivity (Wildman–Crippen MR) is 282 cm³/mol. The number of benzene rings is 10. The molecule has 0 saturated heterocycles. The number of nitrogens with zero attached hydrogens (tertiary/aromatic N) is 2. The molecule has 320 valence electrons. The summed E-state index contributed by atoms with van der Waals surface area (Å²) in [6.07, 6.45) is 6.43. The Morgan fingerprint density at radius 2 is 1.00 bits per heavy atom. The lowest BCUT2D eigenvalue weighted by Gasteiger charge is -2.30. The zero-order valence-electron chi connectivity index (χ0n) is 37.3. The van der Waals surface area contributed by atoms with E-state index < -0.39 is 0 Å². The van der Waals surface area contributed by atoms with Gasteiger partial charge in [-0.3, -0.25) is 0 Å². The van der Waals surface area contributed by atoms with Gasteiger partial charge < -0.3 is 13.9 Å². The number of aromatic nitrogens is 1. The fourth-order valence-electron chi connectivity index (χ4n) is 11.2. The Morgan fingerprint density at radius 1 is 0.403 bits per heavy atom. The third kappa shape index (κ3) is 6.81. The van der Waals surface area contributed by atoms with Gasteiger partial charge in [-0.05, 0) is 142 Å². The zero-order chi connectivity index (χ0) is 44.3. The number of rotatable bonds is 8. The molecule has 1 fully saturated rings. The van der Waals surface area contributed by atoms with E-state index in [-0.39, 0.29) is 0 Å². The molecule has 0 amide bonds. The Hall–Kier alpha value is -8.14. The average Bonchev–Trinajstić information content (AvgIpc) is 3.94. The molecule has 0 spiro atoms. The summed E-state index contributed by atoms with van der Waals surface area (Å²) in [6.45, 7) is 0. The van der Waals surface area contributed by atoms with Crippen LogP contribution in [-0.2, 0) is 0 Å². The first-order valence-corrected chi connectivity index (χ1v) is 23.9. The molecule has 1 aliphatic rings. The first-order valence-electron chi connectivity index (χ1n) is 23.9. The van der Waals surface area contributed by atoms with Crippen molar-refractivity contribution >= 4 is 71.6 Å². The smallest absolute Gasteiger partial charge is 0.135 e.